The maximum atomic E-state index is 9.05. The maximum Gasteiger partial charge on any atom is 0.0607 e. The summed E-state index contributed by atoms with van der Waals surface area (Å²) in [4.78, 5) is 0. The predicted molar refractivity (Wildman–Crippen MR) is 63.7 cm³/mol. The quantitative estimate of drug-likeness (QED) is 0.637. The smallest absolute Gasteiger partial charge is 0.0607 e. The van der Waals surface area contributed by atoms with E-state index in [-0.39, 0.29) is 12.1 Å². The van der Waals surface area contributed by atoms with Crippen molar-refractivity contribution in [3.8, 4) is 0 Å². The summed E-state index contributed by atoms with van der Waals surface area (Å²) in [5.74, 6) is 0. The summed E-state index contributed by atoms with van der Waals surface area (Å²) in [5.41, 5.74) is 7.49. The molecule has 0 unspecified atom stereocenters. The lowest BCUT2D eigenvalue weighted by Crippen LogP contribution is -2.43. The molecule has 1 rings (SSSR count). The summed E-state index contributed by atoms with van der Waals surface area (Å²) < 4.78 is 0. The van der Waals surface area contributed by atoms with Crippen molar-refractivity contribution in [2.45, 2.75) is 25.8 Å². The Bertz CT molecular complexity index is 310. The number of aliphatic hydroxyl groups excluding tert-OH is 1. The summed E-state index contributed by atoms with van der Waals surface area (Å²) in [5, 5.41) is 12.3. The Hall–Kier alpha value is -1.06. The van der Waals surface area contributed by atoms with Gasteiger partial charge in [-0.3, -0.25) is 0 Å². The van der Waals surface area contributed by atoms with Crippen LogP contribution in [0.4, 0.5) is 5.69 Å². The molecule has 0 aliphatic heterocycles. The first kappa shape index (κ1) is 12.0. The van der Waals surface area contributed by atoms with Crippen LogP contribution < -0.4 is 11.1 Å². The van der Waals surface area contributed by atoms with Gasteiger partial charge in [-0.1, -0.05) is 12.1 Å². The molecule has 0 bridgehead atoms. The second-order valence-electron chi connectivity index (χ2n) is 4.46. The Kier molecular flexibility index (Phi) is 4.12. The molecule has 0 radical (unpaired) electrons. The van der Waals surface area contributed by atoms with Crippen molar-refractivity contribution in [1.82, 2.24) is 5.32 Å². The van der Waals surface area contributed by atoms with Crippen molar-refractivity contribution < 1.29 is 5.11 Å². The van der Waals surface area contributed by atoms with Crippen LogP contribution >= 0.6 is 0 Å². The fourth-order valence-corrected chi connectivity index (χ4v) is 1.35. The fraction of sp³-hybridized carbons (Fsp3) is 0.500. The first-order valence-electron chi connectivity index (χ1n) is 5.24. The highest BCUT2D eigenvalue weighted by Gasteiger charge is 2.14. The van der Waals surface area contributed by atoms with Crippen LogP contribution in [0.15, 0.2) is 24.3 Å². The molecule has 1 aromatic rings. The van der Waals surface area contributed by atoms with Gasteiger partial charge in [0.25, 0.3) is 0 Å². The van der Waals surface area contributed by atoms with E-state index in [4.69, 9.17) is 10.8 Å². The number of anilines is 1. The third-order valence-electron chi connectivity index (χ3n) is 2.36. The van der Waals surface area contributed by atoms with Crippen LogP contribution in [0.5, 0.6) is 0 Å². The summed E-state index contributed by atoms with van der Waals surface area (Å²) in [6.45, 7) is 4.94. The Labute approximate surface area is 91.3 Å². The molecule has 0 aliphatic rings. The molecule has 84 valence electrons. The van der Waals surface area contributed by atoms with Crippen LogP contribution in [0.3, 0.4) is 0 Å². The van der Waals surface area contributed by atoms with Gasteiger partial charge in [-0.05, 0) is 44.5 Å². The third-order valence-corrected chi connectivity index (χ3v) is 2.36. The van der Waals surface area contributed by atoms with Gasteiger partial charge in [0.05, 0.1) is 6.61 Å². The Morgan fingerprint density at radius 3 is 2.73 bits per heavy atom. The molecule has 3 nitrogen and oxygen atoms in total. The largest absolute Gasteiger partial charge is 0.399 e. The number of hydrogen-bond donors (Lipinski definition) is 3. The van der Waals surface area contributed by atoms with E-state index in [1.165, 1.54) is 5.56 Å². The van der Waals surface area contributed by atoms with Crippen molar-refractivity contribution >= 4 is 5.69 Å². The molecular weight excluding hydrogens is 188 g/mol. The minimum Gasteiger partial charge on any atom is -0.399 e. The first-order chi connectivity index (χ1) is 7.03. The fourth-order valence-electron chi connectivity index (χ4n) is 1.35. The molecule has 0 atom stereocenters. The lowest BCUT2D eigenvalue weighted by molar-refractivity contribution is 0.189. The summed E-state index contributed by atoms with van der Waals surface area (Å²) >= 11 is 0. The summed E-state index contributed by atoms with van der Waals surface area (Å²) in [6.07, 6.45) is 0.925. The predicted octanol–water partition coefficient (Wildman–Crippen LogP) is 1.17. The van der Waals surface area contributed by atoms with E-state index in [2.05, 4.69) is 11.4 Å². The van der Waals surface area contributed by atoms with Crippen molar-refractivity contribution in [2.75, 3.05) is 18.9 Å². The van der Waals surface area contributed by atoms with Gasteiger partial charge in [-0.25, -0.2) is 0 Å². The molecule has 0 spiro atoms. The molecule has 3 heteroatoms. The van der Waals surface area contributed by atoms with Crippen LogP contribution in [0.1, 0.15) is 19.4 Å². The van der Waals surface area contributed by atoms with E-state index in [1.807, 2.05) is 32.0 Å². The van der Waals surface area contributed by atoms with E-state index in [0.29, 0.717) is 0 Å². The van der Waals surface area contributed by atoms with E-state index in [0.717, 1.165) is 18.7 Å². The zero-order valence-electron chi connectivity index (χ0n) is 9.46. The van der Waals surface area contributed by atoms with Crippen LogP contribution in [0, 0.1) is 0 Å². The molecular formula is C12H20N2O. The van der Waals surface area contributed by atoms with Gasteiger partial charge in [-0.15, -0.1) is 0 Å². The minimum absolute atomic E-state index is 0.143. The number of aliphatic hydroxyl groups is 1. The summed E-state index contributed by atoms with van der Waals surface area (Å²) in [7, 11) is 0. The van der Waals surface area contributed by atoms with E-state index in [1.54, 1.807) is 0 Å². The number of benzene rings is 1. The Balaban J connectivity index is 2.38. The van der Waals surface area contributed by atoms with Gasteiger partial charge >= 0.3 is 0 Å². The SMILES string of the molecule is CC(C)(CO)NCCc1cccc(N)c1. The normalized spacial score (nSPS) is 11.7. The van der Waals surface area contributed by atoms with Crippen molar-refractivity contribution in [3.63, 3.8) is 0 Å². The van der Waals surface area contributed by atoms with Crippen LogP contribution in [0.2, 0.25) is 0 Å². The second kappa shape index (κ2) is 5.14. The zero-order valence-corrected chi connectivity index (χ0v) is 9.46. The monoisotopic (exact) mass is 208 g/mol. The van der Waals surface area contributed by atoms with Gasteiger partial charge in [0.15, 0.2) is 0 Å². The molecule has 0 fully saturated rings. The standard InChI is InChI=1S/C12H20N2O/c1-12(2,9-15)14-7-6-10-4-3-5-11(13)8-10/h3-5,8,14-15H,6-7,9,13H2,1-2H3. The van der Waals surface area contributed by atoms with Crippen molar-refractivity contribution in [1.29, 1.82) is 0 Å². The number of rotatable bonds is 5. The van der Waals surface area contributed by atoms with Gasteiger partial charge in [0.2, 0.25) is 0 Å². The lowest BCUT2D eigenvalue weighted by Gasteiger charge is -2.23. The number of nitrogens with one attached hydrogen (secondary N) is 1. The number of nitrogen functional groups attached to an aromatic ring is 1. The molecule has 1 aromatic carbocycles. The van der Waals surface area contributed by atoms with Gasteiger partial charge in [0, 0.05) is 11.2 Å². The number of hydrogen-bond acceptors (Lipinski definition) is 3. The highest BCUT2D eigenvalue weighted by molar-refractivity contribution is 5.40. The number of nitrogens with two attached hydrogens (primary N) is 1. The van der Waals surface area contributed by atoms with Crippen LogP contribution in [-0.4, -0.2) is 23.8 Å². The van der Waals surface area contributed by atoms with Gasteiger partial charge in [0.1, 0.15) is 0 Å². The highest BCUT2D eigenvalue weighted by atomic mass is 16.3. The highest BCUT2D eigenvalue weighted by Crippen LogP contribution is 2.07. The Morgan fingerprint density at radius 1 is 1.40 bits per heavy atom. The maximum absolute atomic E-state index is 9.05. The van der Waals surface area contributed by atoms with Crippen LogP contribution in [-0.2, 0) is 6.42 Å². The first-order valence-corrected chi connectivity index (χ1v) is 5.24. The van der Waals surface area contributed by atoms with E-state index >= 15 is 0 Å². The van der Waals surface area contributed by atoms with Crippen LogP contribution in [0.25, 0.3) is 0 Å². The van der Waals surface area contributed by atoms with Crippen molar-refractivity contribution in [2.24, 2.45) is 0 Å². The van der Waals surface area contributed by atoms with E-state index < -0.39 is 0 Å². The summed E-state index contributed by atoms with van der Waals surface area (Å²) in [6, 6.07) is 7.88. The molecule has 0 amide bonds. The van der Waals surface area contributed by atoms with Crippen molar-refractivity contribution in [3.05, 3.63) is 29.8 Å². The molecule has 4 N–H and O–H groups in total. The zero-order chi connectivity index (χ0) is 11.3. The Morgan fingerprint density at radius 2 is 2.13 bits per heavy atom. The molecule has 15 heavy (non-hydrogen) atoms. The average molecular weight is 208 g/mol. The molecule has 0 aliphatic carbocycles. The second-order valence-corrected chi connectivity index (χ2v) is 4.46. The van der Waals surface area contributed by atoms with Gasteiger partial charge < -0.3 is 16.2 Å². The average Bonchev–Trinajstić information content (AvgIpc) is 2.18. The molecule has 0 saturated carbocycles. The minimum atomic E-state index is -0.208. The third kappa shape index (κ3) is 4.32. The molecule has 0 heterocycles. The van der Waals surface area contributed by atoms with E-state index in [9.17, 15) is 0 Å². The van der Waals surface area contributed by atoms with Gasteiger partial charge in [-0.2, -0.15) is 0 Å². The topological polar surface area (TPSA) is 58.3 Å². The molecule has 0 aromatic heterocycles. The lowest BCUT2D eigenvalue weighted by atomic mass is 10.1. The molecule has 0 saturated heterocycles.